The number of nitrogens with two attached hydrogens (primary N) is 1. The molecule has 0 fully saturated rings. The van der Waals surface area contributed by atoms with Gasteiger partial charge in [0.05, 0.1) is 6.04 Å². The van der Waals surface area contributed by atoms with Crippen molar-refractivity contribution in [2.45, 2.75) is 13.0 Å². The first-order chi connectivity index (χ1) is 8.11. The zero-order valence-electron chi connectivity index (χ0n) is 9.21. The van der Waals surface area contributed by atoms with Crippen LogP contribution in [0.5, 0.6) is 0 Å². The minimum absolute atomic E-state index is 0.217. The van der Waals surface area contributed by atoms with Gasteiger partial charge in [0.2, 0.25) is 0 Å². The Morgan fingerprint density at radius 3 is 2.59 bits per heavy atom. The molecule has 0 saturated heterocycles. The van der Waals surface area contributed by atoms with Crippen LogP contribution < -0.4 is 11.3 Å². The first kappa shape index (κ1) is 12.2. The van der Waals surface area contributed by atoms with E-state index in [1.807, 2.05) is 19.1 Å². The number of thiophene rings is 1. The molecule has 0 saturated carbocycles. The Morgan fingerprint density at radius 1 is 1.24 bits per heavy atom. The van der Waals surface area contributed by atoms with Crippen LogP contribution in [0.2, 0.25) is 0 Å². The average Bonchev–Trinajstić information content (AvgIpc) is 2.71. The Bertz CT molecular complexity index is 525. The van der Waals surface area contributed by atoms with Crippen molar-refractivity contribution < 1.29 is 8.78 Å². The van der Waals surface area contributed by atoms with Crippen LogP contribution in [0, 0.1) is 18.6 Å². The molecule has 0 aliphatic rings. The molecule has 1 aromatic heterocycles. The van der Waals surface area contributed by atoms with Gasteiger partial charge in [-0.15, -0.1) is 11.3 Å². The van der Waals surface area contributed by atoms with Crippen molar-refractivity contribution in [3.8, 4) is 0 Å². The molecule has 2 nitrogen and oxygen atoms in total. The van der Waals surface area contributed by atoms with E-state index in [4.69, 9.17) is 5.84 Å². The van der Waals surface area contributed by atoms with Gasteiger partial charge in [0.25, 0.3) is 0 Å². The predicted molar refractivity (Wildman–Crippen MR) is 64.6 cm³/mol. The maximum absolute atomic E-state index is 13.6. The third-order valence-corrected chi connectivity index (χ3v) is 3.55. The van der Waals surface area contributed by atoms with Crippen molar-refractivity contribution in [3.05, 3.63) is 57.3 Å². The summed E-state index contributed by atoms with van der Waals surface area (Å²) in [6, 6.07) is 6.61. The number of hydrogen-bond donors (Lipinski definition) is 2. The van der Waals surface area contributed by atoms with Gasteiger partial charge in [-0.3, -0.25) is 5.84 Å². The molecule has 0 aliphatic carbocycles. The normalized spacial score (nSPS) is 12.7. The van der Waals surface area contributed by atoms with Gasteiger partial charge in [-0.2, -0.15) is 0 Å². The highest BCUT2D eigenvalue weighted by Crippen LogP contribution is 2.29. The summed E-state index contributed by atoms with van der Waals surface area (Å²) >= 11 is 1.50. The maximum Gasteiger partial charge on any atom is 0.128 e. The number of hydrogen-bond acceptors (Lipinski definition) is 3. The lowest BCUT2D eigenvalue weighted by molar-refractivity contribution is 0.549. The lowest BCUT2D eigenvalue weighted by Gasteiger charge is -2.15. The fourth-order valence-electron chi connectivity index (χ4n) is 1.67. The van der Waals surface area contributed by atoms with Crippen LogP contribution >= 0.6 is 11.3 Å². The molecule has 5 heteroatoms. The second-order valence-corrected chi connectivity index (χ2v) is 5.03. The van der Waals surface area contributed by atoms with Crippen molar-refractivity contribution >= 4 is 11.3 Å². The van der Waals surface area contributed by atoms with Crippen LogP contribution in [0.3, 0.4) is 0 Å². The number of aryl methyl sites for hydroxylation is 1. The standard InChI is InChI=1S/C12H12F2N2S/c1-7-2-5-11(17-7)12(16-15)9-6-8(13)3-4-10(9)14/h2-6,12,16H,15H2,1H3. The first-order valence-corrected chi connectivity index (χ1v) is 5.91. The van der Waals surface area contributed by atoms with Crippen molar-refractivity contribution in [1.82, 2.24) is 5.43 Å². The summed E-state index contributed by atoms with van der Waals surface area (Å²) in [6.45, 7) is 1.95. The number of hydrazine groups is 1. The van der Waals surface area contributed by atoms with Crippen LogP contribution in [-0.2, 0) is 0 Å². The van der Waals surface area contributed by atoms with E-state index < -0.39 is 17.7 Å². The van der Waals surface area contributed by atoms with E-state index >= 15 is 0 Å². The Balaban J connectivity index is 2.45. The van der Waals surface area contributed by atoms with Gasteiger partial charge < -0.3 is 0 Å². The summed E-state index contributed by atoms with van der Waals surface area (Å²) in [7, 11) is 0. The lowest BCUT2D eigenvalue weighted by atomic mass is 10.1. The van der Waals surface area contributed by atoms with Gasteiger partial charge in [0.15, 0.2) is 0 Å². The van der Waals surface area contributed by atoms with E-state index in [2.05, 4.69) is 5.43 Å². The minimum Gasteiger partial charge on any atom is -0.271 e. The van der Waals surface area contributed by atoms with Gasteiger partial charge >= 0.3 is 0 Å². The second kappa shape index (κ2) is 4.91. The van der Waals surface area contributed by atoms with Crippen LogP contribution in [0.15, 0.2) is 30.3 Å². The third-order valence-electron chi connectivity index (χ3n) is 2.48. The molecule has 3 N–H and O–H groups in total. The van der Waals surface area contributed by atoms with E-state index in [0.717, 1.165) is 28.0 Å². The second-order valence-electron chi connectivity index (χ2n) is 3.71. The monoisotopic (exact) mass is 254 g/mol. The summed E-state index contributed by atoms with van der Waals surface area (Å²) in [5.74, 6) is 4.48. The molecule has 1 heterocycles. The lowest BCUT2D eigenvalue weighted by Crippen LogP contribution is -2.29. The van der Waals surface area contributed by atoms with Crippen LogP contribution in [-0.4, -0.2) is 0 Å². The molecule has 0 aliphatic heterocycles. The highest BCUT2D eigenvalue weighted by molar-refractivity contribution is 7.12. The Labute approximate surface area is 102 Å². The fraction of sp³-hybridized carbons (Fsp3) is 0.167. The summed E-state index contributed by atoms with van der Waals surface area (Å²) in [5, 5.41) is 0. The summed E-state index contributed by atoms with van der Waals surface area (Å²) in [4.78, 5) is 1.95. The van der Waals surface area contributed by atoms with E-state index in [-0.39, 0.29) is 5.56 Å². The predicted octanol–water partition coefficient (Wildman–Crippen LogP) is 2.89. The van der Waals surface area contributed by atoms with Crippen LogP contribution in [0.25, 0.3) is 0 Å². The molecule has 17 heavy (non-hydrogen) atoms. The van der Waals surface area contributed by atoms with E-state index in [1.54, 1.807) is 0 Å². The zero-order chi connectivity index (χ0) is 12.4. The van der Waals surface area contributed by atoms with Gasteiger partial charge in [-0.1, -0.05) is 0 Å². The molecule has 0 amide bonds. The first-order valence-electron chi connectivity index (χ1n) is 5.09. The third kappa shape index (κ3) is 2.52. The molecule has 0 spiro atoms. The molecule has 2 rings (SSSR count). The molecule has 1 atom stereocenters. The van der Waals surface area contributed by atoms with Crippen molar-refractivity contribution in [1.29, 1.82) is 0 Å². The summed E-state index contributed by atoms with van der Waals surface area (Å²) in [5.41, 5.74) is 2.74. The van der Waals surface area contributed by atoms with Crippen molar-refractivity contribution in [2.75, 3.05) is 0 Å². The largest absolute Gasteiger partial charge is 0.271 e. The Morgan fingerprint density at radius 2 is 2.00 bits per heavy atom. The van der Waals surface area contributed by atoms with Crippen molar-refractivity contribution in [3.63, 3.8) is 0 Å². The smallest absolute Gasteiger partial charge is 0.128 e. The Kier molecular flexibility index (Phi) is 3.51. The summed E-state index contributed by atoms with van der Waals surface area (Å²) in [6.07, 6.45) is 0. The molecule has 1 aromatic carbocycles. The van der Waals surface area contributed by atoms with E-state index in [0.29, 0.717) is 0 Å². The van der Waals surface area contributed by atoms with Crippen LogP contribution in [0.4, 0.5) is 8.78 Å². The molecule has 0 bridgehead atoms. The Hall–Kier alpha value is -1.30. The number of benzene rings is 1. The summed E-state index contributed by atoms with van der Waals surface area (Å²) < 4.78 is 26.8. The molecule has 90 valence electrons. The minimum atomic E-state index is -0.524. The zero-order valence-corrected chi connectivity index (χ0v) is 10.0. The highest BCUT2D eigenvalue weighted by atomic mass is 32.1. The number of halogens is 2. The fourth-order valence-corrected chi connectivity index (χ4v) is 2.63. The molecular weight excluding hydrogens is 242 g/mol. The van der Waals surface area contributed by atoms with E-state index in [9.17, 15) is 8.78 Å². The van der Waals surface area contributed by atoms with E-state index in [1.165, 1.54) is 11.3 Å². The van der Waals surface area contributed by atoms with Gasteiger partial charge in [-0.25, -0.2) is 14.2 Å². The topological polar surface area (TPSA) is 38.0 Å². The highest BCUT2D eigenvalue weighted by Gasteiger charge is 2.18. The van der Waals surface area contributed by atoms with Crippen LogP contribution in [0.1, 0.15) is 21.4 Å². The number of nitrogens with one attached hydrogen (secondary N) is 1. The molecular formula is C12H12F2N2S. The van der Waals surface area contributed by atoms with Gasteiger partial charge in [0.1, 0.15) is 11.6 Å². The van der Waals surface area contributed by atoms with Gasteiger partial charge in [0, 0.05) is 15.3 Å². The quantitative estimate of drug-likeness (QED) is 0.653. The molecule has 1 unspecified atom stereocenters. The molecule has 2 aromatic rings. The maximum atomic E-state index is 13.6. The average molecular weight is 254 g/mol. The van der Waals surface area contributed by atoms with Gasteiger partial charge in [-0.05, 0) is 37.3 Å². The number of rotatable bonds is 3. The SMILES string of the molecule is Cc1ccc(C(NN)c2cc(F)ccc2F)s1. The molecule has 0 radical (unpaired) electrons. The van der Waals surface area contributed by atoms with Crippen molar-refractivity contribution in [2.24, 2.45) is 5.84 Å².